The summed E-state index contributed by atoms with van der Waals surface area (Å²) >= 11 is 12.1. The molecule has 0 aliphatic carbocycles. The van der Waals surface area contributed by atoms with E-state index in [4.69, 9.17) is 27.6 Å². The number of nitrogens with zero attached hydrogens (tertiary/aromatic N) is 3. The SMILES string of the molecule is CCc1oc(C(=O)N2CCN(c3ncc(Cl)cc3Cl)CC2)cc1C(=O)O. The lowest BCUT2D eigenvalue weighted by molar-refractivity contribution is 0.0690. The maximum absolute atomic E-state index is 12.6. The number of aromatic carboxylic acids is 1. The molecule has 0 unspecified atom stereocenters. The van der Waals surface area contributed by atoms with Crippen molar-refractivity contribution < 1.29 is 19.1 Å². The van der Waals surface area contributed by atoms with E-state index in [0.717, 1.165) is 0 Å². The molecule has 0 bridgehead atoms. The zero-order valence-corrected chi connectivity index (χ0v) is 15.5. The smallest absolute Gasteiger partial charge is 0.339 e. The third-order valence-corrected chi connectivity index (χ3v) is 4.71. The topological polar surface area (TPSA) is 86.9 Å². The van der Waals surface area contributed by atoms with E-state index < -0.39 is 5.97 Å². The van der Waals surface area contributed by atoms with E-state index >= 15 is 0 Å². The summed E-state index contributed by atoms with van der Waals surface area (Å²) in [5.74, 6) is -0.436. The van der Waals surface area contributed by atoms with Gasteiger partial charge in [-0.3, -0.25) is 4.79 Å². The summed E-state index contributed by atoms with van der Waals surface area (Å²) in [6, 6.07) is 2.93. The largest absolute Gasteiger partial charge is 0.478 e. The Morgan fingerprint density at radius 1 is 1.23 bits per heavy atom. The van der Waals surface area contributed by atoms with Crippen LogP contribution in [0.3, 0.4) is 0 Å². The van der Waals surface area contributed by atoms with Gasteiger partial charge in [0, 0.05) is 44.9 Å². The van der Waals surface area contributed by atoms with Gasteiger partial charge in [-0.2, -0.15) is 0 Å². The van der Waals surface area contributed by atoms with Crippen molar-refractivity contribution >= 4 is 40.9 Å². The number of aryl methyl sites for hydroxylation is 1. The molecular weight excluding hydrogens is 381 g/mol. The number of hydrogen-bond donors (Lipinski definition) is 1. The molecule has 138 valence electrons. The molecule has 9 heteroatoms. The average Bonchev–Trinajstić information content (AvgIpc) is 3.06. The van der Waals surface area contributed by atoms with Gasteiger partial charge >= 0.3 is 5.97 Å². The number of carboxylic acids is 1. The predicted octanol–water partition coefficient (Wildman–Crippen LogP) is 3.20. The Bertz CT molecular complexity index is 845. The van der Waals surface area contributed by atoms with E-state index in [2.05, 4.69) is 4.98 Å². The van der Waals surface area contributed by atoms with Crippen LogP contribution in [0.5, 0.6) is 0 Å². The monoisotopic (exact) mass is 397 g/mol. The Morgan fingerprint density at radius 2 is 1.92 bits per heavy atom. The van der Waals surface area contributed by atoms with Crippen LogP contribution in [0.4, 0.5) is 5.82 Å². The first kappa shape index (κ1) is 18.5. The summed E-state index contributed by atoms with van der Waals surface area (Å²) in [5, 5.41) is 10.1. The Morgan fingerprint density at radius 3 is 2.46 bits per heavy atom. The lowest BCUT2D eigenvalue weighted by Gasteiger charge is -2.35. The van der Waals surface area contributed by atoms with Gasteiger partial charge in [0.1, 0.15) is 17.1 Å². The summed E-state index contributed by atoms with van der Waals surface area (Å²) in [7, 11) is 0. The van der Waals surface area contributed by atoms with Gasteiger partial charge in [-0.25, -0.2) is 9.78 Å². The van der Waals surface area contributed by atoms with Crippen LogP contribution in [-0.2, 0) is 6.42 Å². The van der Waals surface area contributed by atoms with Gasteiger partial charge in [0.2, 0.25) is 0 Å². The number of anilines is 1. The number of hydrogen-bond acceptors (Lipinski definition) is 5. The summed E-state index contributed by atoms with van der Waals surface area (Å²) in [4.78, 5) is 31.7. The third kappa shape index (κ3) is 3.64. The highest BCUT2D eigenvalue weighted by atomic mass is 35.5. The van der Waals surface area contributed by atoms with Crippen molar-refractivity contribution in [2.75, 3.05) is 31.1 Å². The molecule has 1 aliphatic heterocycles. The number of carbonyl (C=O) groups excluding carboxylic acids is 1. The van der Waals surface area contributed by atoms with Gasteiger partial charge in [-0.15, -0.1) is 0 Å². The number of amides is 1. The molecule has 2 aromatic rings. The minimum Gasteiger partial charge on any atom is -0.478 e. The molecule has 26 heavy (non-hydrogen) atoms. The Hall–Kier alpha value is -2.25. The number of rotatable bonds is 4. The first-order valence-corrected chi connectivity index (χ1v) is 8.87. The lowest BCUT2D eigenvalue weighted by atomic mass is 10.2. The Labute approximate surface area is 160 Å². The molecule has 0 aromatic carbocycles. The number of halogens is 2. The van der Waals surface area contributed by atoms with Gasteiger partial charge < -0.3 is 19.3 Å². The van der Waals surface area contributed by atoms with E-state index in [-0.39, 0.29) is 17.2 Å². The average molecular weight is 398 g/mol. The highest BCUT2D eigenvalue weighted by Crippen LogP contribution is 2.27. The zero-order valence-electron chi connectivity index (χ0n) is 14.0. The summed E-state index contributed by atoms with van der Waals surface area (Å²) < 4.78 is 5.45. The van der Waals surface area contributed by atoms with E-state index in [0.29, 0.717) is 54.2 Å². The van der Waals surface area contributed by atoms with Crippen LogP contribution in [-0.4, -0.2) is 53.0 Å². The Balaban J connectivity index is 1.70. The number of pyridine rings is 1. The summed E-state index contributed by atoms with van der Waals surface area (Å²) in [6.07, 6.45) is 1.94. The molecule has 3 rings (SSSR count). The standard InChI is InChI=1S/C17H17Cl2N3O4/c1-2-13-11(17(24)25)8-14(26-13)16(23)22-5-3-21(4-6-22)15-12(19)7-10(18)9-20-15/h7-9H,2-6H2,1H3,(H,24,25). The highest BCUT2D eigenvalue weighted by molar-refractivity contribution is 6.36. The van der Waals surface area contributed by atoms with Crippen molar-refractivity contribution in [1.29, 1.82) is 0 Å². The van der Waals surface area contributed by atoms with Gasteiger partial charge in [0.05, 0.1) is 10.0 Å². The lowest BCUT2D eigenvalue weighted by Crippen LogP contribution is -2.49. The molecule has 1 fully saturated rings. The van der Waals surface area contributed by atoms with Crippen LogP contribution < -0.4 is 4.90 Å². The number of aromatic nitrogens is 1. The molecule has 1 amide bonds. The molecule has 2 aromatic heterocycles. The van der Waals surface area contributed by atoms with E-state index in [9.17, 15) is 14.7 Å². The molecule has 3 heterocycles. The second kappa shape index (κ2) is 7.55. The zero-order chi connectivity index (χ0) is 18.8. The van der Waals surface area contributed by atoms with Crippen LogP contribution in [0.2, 0.25) is 10.0 Å². The van der Waals surface area contributed by atoms with Crippen molar-refractivity contribution in [2.24, 2.45) is 0 Å². The van der Waals surface area contributed by atoms with E-state index in [1.54, 1.807) is 17.9 Å². The molecule has 7 nitrogen and oxygen atoms in total. The Kier molecular flexibility index (Phi) is 5.38. The second-order valence-electron chi connectivity index (χ2n) is 5.84. The number of piperazine rings is 1. The summed E-state index contributed by atoms with van der Waals surface area (Å²) in [6.45, 7) is 3.77. The van der Waals surface area contributed by atoms with Gasteiger partial charge in [0.15, 0.2) is 5.76 Å². The molecule has 1 saturated heterocycles. The predicted molar refractivity (Wildman–Crippen MR) is 97.4 cm³/mol. The minimum absolute atomic E-state index is 0.0339. The van der Waals surface area contributed by atoms with E-state index in [1.165, 1.54) is 12.3 Å². The molecule has 0 spiro atoms. The van der Waals surface area contributed by atoms with Crippen molar-refractivity contribution in [3.8, 4) is 0 Å². The van der Waals surface area contributed by atoms with Crippen LogP contribution in [0.15, 0.2) is 22.7 Å². The molecule has 0 saturated carbocycles. The quantitative estimate of drug-likeness (QED) is 0.851. The molecule has 0 atom stereocenters. The molecule has 1 aliphatic rings. The van der Waals surface area contributed by atoms with Crippen LogP contribution in [0, 0.1) is 0 Å². The number of carbonyl (C=O) groups is 2. The third-order valence-electron chi connectivity index (χ3n) is 4.23. The summed E-state index contributed by atoms with van der Waals surface area (Å²) in [5.41, 5.74) is 0.0339. The highest BCUT2D eigenvalue weighted by Gasteiger charge is 2.27. The fourth-order valence-electron chi connectivity index (χ4n) is 2.90. The molecule has 1 N–H and O–H groups in total. The van der Waals surface area contributed by atoms with Gasteiger partial charge in [-0.05, 0) is 6.07 Å². The fourth-order valence-corrected chi connectivity index (χ4v) is 3.39. The number of furan rings is 1. The molecular formula is C17H17Cl2N3O4. The maximum atomic E-state index is 12.6. The van der Waals surface area contributed by atoms with Gasteiger partial charge in [-0.1, -0.05) is 30.1 Å². The van der Waals surface area contributed by atoms with Crippen molar-refractivity contribution in [3.63, 3.8) is 0 Å². The first-order valence-electron chi connectivity index (χ1n) is 8.12. The van der Waals surface area contributed by atoms with Crippen molar-refractivity contribution in [2.45, 2.75) is 13.3 Å². The van der Waals surface area contributed by atoms with Crippen LogP contribution in [0.25, 0.3) is 0 Å². The normalized spacial score (nSPS) is 14.6. The fraction of sp³-hybridized carbons (Fsp3) is 0.353. The first-order chi connectivity index (χ1) is 12.4. The van der Waals surface area contributed by atoms with Crippen molar-refractivity contribution in [3.05, 3.63) is 45.5 Å². The van der Waals surface area contributed by atoms with Gasteiger partial charge in [0.25, 0.3) is 5.91 Å². The van der Waals surface area contributed by atoms with Crippen LogP contribution in [0.1, 0.15) is 33.6 Å². The second-order valence-corrected chi connectivity index (χ2v) is 6.69. The van der Waals surface area contributed by atoms with Crippen LogP contribution >= 0.6 is 23.2 Å². The van der Waals surface area contributed by atoms with Crippen molar-refractivity contribution in [1.82, 2.24) is 9.88 Å². The minimum atomic E-state index is -1.10. The number of carboxylic acid groups (broad SMARTS) is 1. The maximum Gasteiger partial charge on any atom is 0.339 e. The molecule has 0 radical (unpaired) electrons. The van der Waals surface area contributed by atoms with E-state index in [1.807, 2.05) is 4.90 Å².